The molecule has 25 heavy (non-hydrogen) atoms. The molecule has 2 heterocycles. The van der Waals surface area contributed by atoms with Gasteiger partial charge in [0.05, 0.1) is 6.20 Å². The summed E-state index contributed by atoms with van der Waals surface area (Å²) >= 11 is 0. The summed E-state index contributed by atoms with van der Waals surface area (Å²) in [5.41, 5.74) is -1.52. The second-order valence-electron chi connectivity index (χ2n) is 5.00. The normalized spacial score (nSPS) is 12.5. The molecule has 0 aromatic carbocycles. The molecule has 0 radical (unpaired) electrons. The van der Waals surface area contributed by atoms with Crippen LogP contribution in [0.1, 0.15) is 22.6 Å². The molecule has 2 rings (SSSR count). The van der Waals surface area contributed by atoms with Gasteiger partial charge in [0.1, 0.15) is 4.90 Å². The Bertz CT molecular complexity index is 872. The first-order chi connectivity index (χ1) is 11.5. The van der Waals surface area contributed by atoms with Crippen LogP contribution in [0.3, 0.4) is 0 Å². The number of hydrogen-bond donors (Lipinski definition) is 2. The highest BCUT2D eigenvalue weighted by molar-refractivity contribution is 7.89. The predicted molar refractivity (Wildman–Crippen MR) is 77.2 cm³/mol. The summed E-state index contributed by atoms with van der Waals surface area (Å²) in [4.78, 5) is 10.6. The molecule has 0 amide bonds. The standard InChI is InChI=1S/C12H14F3N5O4S/c1-19-10(11(21)22)8(7-16-19)25(23,24)17-4-2-5-20-6-3-9(18-20)12(13,14)15/h3,6-7,17H,2,4-5H2,1H3,(H,21,22). The van der Waals surface area contributed by atoms with E-state index in [0.717, 1.165) is 27.8 Å². The second kappa shape index (κ2) is 6.84. The third-order valence-electron chi connectivity index (χ3n) is 3.18. The molecule has 0 aliphatic carbocycles. The minimum Gasteiger partial charge on any atom is -0.476 e. The molecule has 138 valence electrons. The molecule has 0 saturated carbocycles. The van der Waals surface area contributed by atoms with Crippen LogP contribution < -0.4 is 4.72 Å². The molecule has 13 heteroatoms. The number of carbonyl (C=O) groups is 1. The van der Waals surface area contributed by atoms with E-state index in [1.54, 1.807) is 0 Å². The van der Waals surface area contributed by atoms with E-state index in [4.69, 9.17) is 5.11 Å². The lowest BCUT2D eigenvalue weighted by atomic mass is 10.4. The maximum absolute atomic E-state index is 12.4. The van der Waals surface area contributed by atoms with Crippen molar-refractivity contribution in [3.8, 4) is 0 Å². The number of sulfonamides is 1. The molecule has 2 aromatic heterocycles. The van der Waals surface area contributed by atoms with E-state index in [1.807, 2.05) is 0 Å². The first-order valence-corrected chi connectivity index (χ1v) is 8.36. The Morgan fingerprint density at radius 1 is 1.40 bits per heavy atom. The molecule has 0 spiro atoms. The van der Waals surface area contributed by atoms with Gasteiger partial charge in [-0.2, -0.15) is 23.4 Å². The molecule has 0 saturated heterocycles. The van der Waals surface area contributed by atoms with Gasteiger partial charge in [0.15, 0.2) is 11.4 Å². The average Bonchev–Trinajstić information content (AvgIpc) is 3.09. The third kappa shape index (κ3) is 4.36. The van der Waals surface area contributed by atoms with E-state index in [9.17, 15) is 26.4 Å². The number of nitrogens with one attached hydrogen (secondary N) is 1. The van der Waals surface area contributed by atoms with Gasteiger partial charge in [0.25, 0.3) is 0 Å². The van der Waals surface area contributed by atoms with E-state index < -0.39 is 38.5 Å². The van der Waals surface area contributed by atoms with Gasteiger partial charge in [0, 0.05) is 26.3 Å². The van der Waals surface area contributed by atoms with E-state index in [0.29, 0.717) is 0 Å². The summed E-state index contributed by atoms with van der Waals surface area (Å²) < 4.78 is 65.6. The Morgan fingerprint density at radius 3 is 2.64 bits per heavy atom. The quantitative estimate of drug-likeness (QED) is 0.682. The molecule has 0 bridgehead atoms. The predicted octanol–water partition coefficient (Wildman–Crippen LogP) is 0.702. The zero-order valence-corrected chi connectivity index (χ0v) is 13.7. The van der Waals surface area contributed by atoms with Crippen LogP contribution >= 0.6 is 0 Å². The van der Waals surface area contributed by atoms with Crippen molar-refractivity contribution in [1.29, 1.82) is 0 Å². The number of aromatic carboxylic acids is 1. The van der Waals surface area contributed by atoms with Crippen molar-refractivity contribution in [3.05, 3.63) is 29.8 Å². The molecule has 0 unspecified atom stereocenters. The minimum atomic E-state index is -4.54. The molecular weight excluding hydrogens is 367 g/mol. The minimum absolute atomic E-state index is 0.0530. The smallest absolute Gasteiger partial charge is 0.435 e. The fourth-order valence-corrected chi connectivity index (χ4v) is 3.25. The monoisotopic (exact) mass is 381 g/mol. The number of nitrogens with zero attached hydrogens (tertiary/aromatic N) is 4. The van der Waals surface area contributed by atoms with Crippen molar-refractivity contribution in [1.82, 2.24) is 24.3 Å². The van der Waals surface area contributed by atoms with Gasteiger partial charge in [-0.3, -0.25) is 9.36 Å². The van der Waals surface area contributed by atoms with Crippen LogP contribution in [0.25, 0.3) is 0 Å². The maximum Gasteiger partial charge on any atom is 0.435 e. The summed E-state index contributed by atoms with van der Waals surface area (Å²) in [6.07, 6.45) is -2.34. The molecule has 2 N–H and O–H groups in total. The molecule has 0 aliphatic rings. The Balaban J connectivity index is 1.95. The molecule has 2 aromatic rings. The van der Waals surface area contributed by atoms with Gasteiger partial charge in [-0.25, -0.2) is 17.9 Å². The number of carboxylic acid groups (broad SMARTS) is 1. The van der Waals surface area contributed by atoms with E-state index in [2.05, 4.69) is 14.9 Å². The number of hydrogen-bond acceptors (Lipinski definition) is 5. The lowest BCUT2D eigenvalue weighted by molar-refractivity contribution is -0.141. The largest absolute Gasteiger partial charge is 0.476 e. The van der Waals surface area contributed by atoms with Crippen molar-refractivity contribution in [2.75, 3.05) is 6.54 Å². The van der Waals surface area contributed by atoms with E-state index in [1.165, 1.54) is 7.05 Å². The summed E-state index contributed by atoms with van der Waals surface area (Å²) in [5, 5.41) is 16.0. The lowest BCUT2D eigenvalue weighted by Crippen LogP contribution is -2.27. The number of aryl methyl sites for hydroxylation is 2. The fourth-order valence-electron chi connectivity index (χ4n) is 2.02. The number of aromatic nitrogens is 4. The van der Waals surface area contributed by atoms with Crippen molar-refractivity contribution < 1.29 is 31.5 Å². The number of carboxylic acids is 1. The highest BCUT2D eigenvalue weighted by atomic mass is 32.2. The zero-order valence-electron chi connectivity index (χ0n) is 12.9. The van der Waals surface area contributed by atoms with Crippen molar-refractivity contribution >= 4 is 16.0 Å². The Kier molecular flexibility index (Phi) is 5.17. The zero-order chi connectivity index (χ0) is 18.8. The van der Waals surface area contributed by atoms with Gasteiger partial charge in [-0.15, -0.1) is 0 Å². The van der Waals surface area contributed by atoms with E-state index in [-0.39, 0.29) is 19.5 Å². The summed E-state index contributed by atoms with van der Waals surface area (Å²) in [6, 6.07) is 0.818. The van der Waals surface area contributed by atoms with Gasteiger partial charge in [-0.1, -0.05) is 0 Å². The molecular formula is C12H14F3N5O4S. The van der Waals surface area contributed by atoms with Crippen LogP contribution in [0.5, 0.6) is 0 Å². The highest BCUT2D eigenvalue weighted by Gasteiger charge is 2.33. The number of alkyl halides is 3. The maximum atomic E-state index is 12.4. The van der Waals surface area contributed by atoms with Gasteiger partial charge >= 0.3 is 12.1 Å². The second-order valence-corrected chi connectivity index (χ2v) is 6.73. The molecule has 0 aliphatic heterocycles. The van der Waals surface area contributed by atoms with Crippen LogP contribution in [-0.2, 0) is 29.8 Å². The lowest BCUT2D eigenvalue weighted by Gasteiger charge is -2.07. The third-order valence-corrected chi connectivity index (χ3v) is 4.65. The van der Waals surface area contributed by atoms with Crippen LogP contribution in [0.4, 0.5) is 13.2 Å². The van der Waals surface area contributed by atoms with Gasteiger partial charge < -0.3 is 5.11 Å². The molecule has 0 fully saturated rings. The van der Waals surface area contributed by atoms with Gasteiger partial charge in [0.2, 0.25) is 10.0 Å². The van der Waals surface area contributed by atoms with Crippen molar-refractivity contribution in [3.63, 3.8) is 0 Å². The molecule has 0 atom stereocenters. The van der Waals surface area contributed by atoms with Crippen LogP contribution in [-0.4, -0.2) is 45.6 Å². The fraction of sp³-hybridized carbons (Fsp3) is 0.417. The SMILES string of the molecule is Cn1ncc(S(=O)(=O)NCCCn2ccc(C(F)(F)F)n2)c1C(=O)O. The van der Waals surface area contributed by atoms with Crippen LogP contribution in [0.2, 0.25) is 0 Å². The van der Waals surface area contributed by atoms with Gasteiger partial charge in [-0.05, 0) is 12.5 Å². The van der Waals surface area contributed by atoms with E-state index >= 15 is 0 Å². The Hall–Kier alpha value is -2.41. The van der Waals surface area contributed by atoms with Crippen LogP contribution in [0, 0.1) is 0 Å². The average molecular weight is 381 g/mol. The molecule has 9 nitrogen and oxygen atoms in total. The number of halogens is 3. The van der Waals surface area contributed by atoms with Crippen molar-refractivity contribution in [2.45, 2.75) is 24.0 Å². The summed E-state index contributed by atoms with van der Waals surface area (Å²) in [5.74, 6) is -1.45. The summed E-state index contributed by atoms with van der Waals surface area (Å²) in [7, 11) is -2.82. The highest BCUT2D eigenvalue weighted by Crippen LogP contribution is 2.27. The first kappa shape index (κ1) is 18.9. The Labute approximate surface area is 140 Å². The topological polar surface area (TPSA) is 119 Å². The number of rotatable bonds is 7. The summed E-state index contributed by atoms with van der Waals surface area (Å²) in [6.45, 7) is -0.0606. The first-order valence-electron chi connectivity index (χ1n) is 6.88. The Morgan fingerprint density at radius 2 is 2.08 bits per heavy atom. The van der Waals surface area contributed by atoms with Crippen molar-refractivity contribution in [2.24, 2.45) is 7.05 Å². The van der Waals surface area contributed by atoms with Crippen LogP contribution in [0.15, 0.2) is 23.4 Å².